The van der Waals surface area contributed by atoms with Crippen LogP contribution in [0, 0.1) is 0 Å². The molecule has 10 heteroatoms. The predicted octanol–water partition coefficient (Wildman–Crippen LogP) is 3.06. The summed E-state index contributed by atoms with van der Waals surface area (Å²) in [5.41, 5.74) is 0.735. The van der Waals surface area contributed by atoms with Gasteiger partial charge in [0, 0.05) is 24.3 Å². The first-order valence-electron chi connectivity index (χ1n) is 9.69. The summed E-state index contributed by atoms with van der Waals surface area (Å²) in [6.07, 6.45) is 4.82. The first kappa shape index (κ1) is 22.3. The van der Waals surface area contributed by atoms with Crippen LogP contribution in [0.4, 0.5) is 11.4 Å². The highest BCUT2D eigenvalue weighted by Gasteiger charge is 2.22. The Morgan fingerprint density at radius 2 is 1.27 bits per heavy atom. The van der Waals surface area contributed by atoms with Crippen LogP contribution in [0.1, 0.15) is 39.0 Å². The average Bonchev–Trinajstić information content (AvgIpc) is 2.68. The zero-order valence-electron chi connectivity index (χ0n) is 16.6. The third-order valence-corrected chi connectivity index (χ3v) is 7.76. The molecule has 1 saturated carbocycles. The first-order valence-corrected chi connectivity index (χ1v) is 12.7. The van der Waals surface area contributed by atoms with Crippen LogP contribution < -0.4 is 14.8 Å². The maximum absolute atomic E-state index is 12.6. The smallest absolute Gasteiger partial charge is 0.261 e. The molecule has 3 rings (SSSR count). The molecule has 0 bridgehead atoms. The van der Waals surface area contributed by atoms with E-state index in [1.165, 1.54) is 55.5 Å². The highest BCUT2D eigenvalue weighted by atomic mass is 32.2. The van der Waals surface area contributed by atoms with Crippen molar-refractivity contribution in [2.45, 2.75) is 54.9 Å². The van der Waals surface area contributed by atoms with E-state index in [1.54, 1.807) is 0 Å². The Morgan fingerprint density at radius 1 is 0.767 bits per heavy atom. The molecular formula is C20H25N3O5S2. The molecule has 0 unspecified atom stereocenters. The summed E-state index contributed by atoms with van der Waals surface area (Å²) < 4.78 is 55.3. The van der Waals surface area contributed by atoms with Gasteiger partial charge in [-0.25, -0.2) is 21.6 Å². The monoisotopic (exact) mass is 451 g/mol. The van der Waals surface area contributed by atoms with Gasteiger partial charge in [0.2, 0.25) is 15.9 Å². The minimum Gasteiger partial charge on any atom is -0.326 e. The van der Waals surface area contributed by atoms with E-state index in [4.69, 9.17) is 0 Å². The predicted molar refractivity (Wildman–Crippen MR) is 115 cm³/mol. The quantitative estimate of drug-likeness (QED) is 0.597. The van der Waals surface area contributed by atoms with Gasteiger partial charge in [-0.2, -0.15) is 0 Å². The Hall–Kier alpha value is -2.43. The molecule has 0 atom stereocenters. The van der Waals surface area contributed by atoms with Gasteiger partial charge in [-0.1, -0.05) is 19.3 Å². The van der Waals surface area contributed by atoms with Crippen molar-refractivity contribution in [3.8, 4) is 0 Å². The normalized spacial score (nSPS) is 15.5. The minimum atomic E-state index is -3.86. The fraction of sp³-hybridized carbons (Fsp3) is 0.350. The lowest BCUT2D eigenvalue weighted by atomic mass is 9.96. The molecule has 0 aromatic heterocycles. The van der Waals surface area contributed by atoms with E-state index in [0.29, 0.717) is 5.69 Å². The number of carbonyl (C=O) groups is 1. The molecule has 2 aromatic carbocycles. The molecule has 1 amide bonds. The van der Waals surface area contributed by atoms with Gasteiger partial charge in [0.25, 0.3) is 10.0 Å². The van der Waals surface area contributed by atoms with Gasteiger partial charge in [-0.3, -0.25) is 9.52 Å². The molecule has 2 aromatic rings. The van der Waals surface area contributed by atoms with Gasteiger partial charge >= 0.3 is 0 Å². The van der Waals surface area contributed by atoms with Crippen LogP contribution in [-0.4, -0.2) is 28.8 Å². The lowest BCUT2D eigenvalue weighted by molar-refractivity contribution is -0.114. The van der Waals surface area contributed by atoms with Crippen molar-refractivity contribution in [3.05, 3.63) is 48.5 Å². The van der Waals surface area contributed by atoms with Crippen molar-refractivity contribution in [3.63, 3.8) is 0 Å². The summed E-state index contributed by atoms with van der Waals surface area (Å²) in [4.78, 5) is 11.2. The van der Waals surface area contributed by atoms with E-state index in [0.717, 1.165) is 32.1 Å². The van der Waals surface area contributed by atoms with Crippen LogP contribution in [0.25, 0.3) is 0 Å². The molecular weight excluding hydrogens is 426 g/mol. The van der Waals surface area contributed by atoms with Gasteiger partial charge < -0.3 is 5.32 Å². The zero-order valence-corrected chi connectivity index (χ0v) is 18.2. The van der Waals surface area contributed by atoms with Crippen LogP contribution in [0.2, 0.25) is 0 Å². The number of hydrogen-bond donors (Lipinski definition) is 3. The number of benzene rings is 2. The number of sulfonamides is 2. The van der Waals surface area contributed by atoms with Crippen LogP contribution in [0.15, 0.2) is 58.3 Å². The largest absolute Gasteiger partial charge is 0.326 e. The lowest BCUT2D eigenvalue weighted by Crippen LogP contribution is -2.36. The number of amides is 1. The Morgan fingerprint density at radius 3 is 1.80 bits per heavy atom. The number of anilines is 2. The van der Waals surface area contributed by atoms with E-state index < -0.39 is 20.0 Å². The molecule has 0 spiro atoms. The fourth-order valence-electron chi connectivity index (χ4n) is 3.34. The molecule has 30 heavy (non-hydrogen) atoms. The Labute approximate surface area is 177 Å². The molecule has 1 fully saturated rings. The number of hydrogen-bond acceptors (Lipinski definition) is 5. The van der Waals surface area contributed by atoms with Gasteiger partial charge in [0.05, 0.1) is 9.79 Å². The fourth-order valence-corrected chi connectivity index (χ4v) is 5.71. The van der Waals surface area contributed by atoms with Crippen molar-refractivity contribution in [1.29, 1.82) is 0 Å². The van der Waals surface area contributed by atoms with Crippen LogP contribution in [0.5, 0.6) is 0 Å². The highest BCUT2D eigenvalue weighted by Crippen LogP contribution is 2.22. The summed E-state index contributed by atoms with van der Waals surface area (Å²) >= 11 is 0. The number of carbonyl (C=O) groups excluding carboxylic acids is 1. The van der Waals surface area contributed by atoms with Crippen molar-refractivity contribution in [2.24, 2.45) is 0 Å². The van der Waals surface area contributed by atoms with Crippen LogP contribution >= 0.6 is 0 Å². The second-order valence-electron chi connectivity index (χ2n) is 7.29. The molecule has 0 aliphatic heterocycles. The average molecular weight is 452 g/mol. The maximum Gasteiger partial charge on any atom is 0.261 e. The van der Waals surface area contributed by atoms with Gasteiger partial charge in [0.1, 0.15) is 0 Å². The topological polar surface area (TPSA) is 121 Å². The molecule has 1 aliphatic carbocycles. The van der Waals surface area contributed by atoms with E-state index in [9.17, 15) is 21.6 Å². The van der Waals surface area contributed by atoms with E-state index in [2.05, 4.69) is 14.8 Å². The SMILES string of the molecule is CC(=O)Nc1ccc(S(=O)(=O)Nc2ccc(S(=O)(=O)NC3CCCCC3)cc2)cc1. The lowest BCUT2D eigenvalue weighted by Gasteiger charge is -2.22. The Balaban J connectivity index is 1.69. The zero-order chi connectivity index (χ0) is 21.8. The summed E-state index contributed by atoms with van der Waals surface area (Å²) in [6, 6.07) is 11.3. The van der Waals surface area contributed by atoms with Crippen molar-refractivity contribution in [2.75, 3.05) is 10.0 Å². The number of rotatable bonds is 7. The molecule has 1 aliphatic rings. The van der Waals surface area contributed by atoms with Crippen LogP contribution in [-0.2, 0) is 24.8 Å². The van der Waals surface area contributed by atoms with E-state index in [1.807, 2.05) is 0 Å². The van der Waals surface area contributed by atoms with Gasteiger partial charge in [-0.05, 0) is 61.4 Å². The van der Waals surface area contributed by atoms with Crippen molar-refractivity contribution < 1.29 is 21.6 Å². The highest BCUT2D eigenvalue weighted by molar-refractivity contribution is 7.92. The van der Waals surface area contributed by atoms with Gasteiger partial charge in [-0.15, -0.1) is 0 Å². The standard InChI is InChI=1S/C20H25N3O5S2/c1-15(24)21-16-7-11-19(12-8-16)30(27,28)23-18-9-13-20(14-10-18)29(25,26)22-17-5-3-2-4-6-17/h7-14,17,22-23H,2-6H2,1H3,(H,21,24). The minimum absolute atomic E-state index is 0.0206. The first-order chi connectivity index (χ1) is 14.2. The summed E-state index contributed by atoms with van der Waals surface area (Å²) in [5, 5.41) is 2.57. The molecule has 0 heterocycles. The summed E-state index contributed by atoms with van der Waals surface area (Å²) in [5.74, 6) is -0.253. The molecule has 8 nitrogen and oxygen atoms in total. The Bertz CT molecular complexity index is 1090. The Kier molecular flexibility index (Phi) is 6.79. The number of nitrogens with one attached hydrogen (secondary N) is 3. The van der Waals surface area contributed by atoms with Gasteiger partial charge in [0.15, 0.2) is 0 Å². The maximum atomic E-state index is 12.6. The van der Waals surface area contributed by atoms with Crippen molar-refractivity contribution >= 4 is 37.3 Å². The third-order valence-electron chi connectivity index (χ3n) is 4.83. The van der Waals surface area contributed by atoms with Crippen molar-refractivity contribution in [1.82, 2.24) is 4.72 Å². The second-order valence-corrected chi connectivity index (χ2v) is 10.7. The van der Waals surface area contributed by atoms with Crippen LogP contribution in [0.3, 0.4) is 0 Å². The second kappa shape index (κ2) is 9.15. The molecule has 162 valence electrons. The van der Waals surface area contributed by atoms with E-state index >= 15 is 0 Å². The third kappa shape index (κ3) is 5.80. The molecule has 0 radical (unpaired) electrons. The van der Waals surface area contributed by atoms with E-state index in [-0.39, 0.29) is 27.4 Å². The molecule has 0 saturated heterocycles. The summed E-state index contributed by atoms with van der Waals surface area (Å²) in [6.45, 7) is 1.36. The summed E-state index contributed by atoms with van der Waals surface area (Å²) in [7, 11) is -7.51. The molecule has 3 N–H and O–H groups in total.